The van der Waals surface area contributed by atoms with Gasteiger partial charge in [0.25, 0.3) is 0 Å². The minimum absolute atomic E-state index is 0.158. The largest absolute Gasteiger partial charge is 0.483 e. The molecule has 1 N–H and O–H groups in total. The summed E-state index contributed by atoms with van der Waals surface area (Å²) in [5.41, 5.74) is 4.33. The highest BCUT2D eigenvalue weighted by molar-refractivity contribution is 9.10. The lowest BCUT2D eigenvalue weighted by Gasteiger charge is -2.15. The van der Waals surface area contributed by atoms with Gasteiger partial charge in [0.05, 0.1) is 11.4 Å². The van der Waals surface area contributed by atoms with Gasteiger partial charge in [-0.15, -0.1) is 28.1 Å². The number of rotatable bonds is 10. The van der Waals surface area contributed by atoms with Crippen LogP contribution in [-0.4, -0.2) is 31.4 Å². The highest BCUT2D eigenvalue weighted by Gasteiger charge is 2.20. The Labute approximate surface area is 227 Å². The number of aromatic nitrogens is 4. The number of carbonyl (C=O) groups excluding carboxylic acids is 1. The molecule has 1 unspecified atom stereocenters. The topological polar surface area (TPSA) is 81.9 Å². The van der Waals surface area contributed by atoms with Gasteiger partial charge in [-0.2, -0.15) is 0 Å². The Morgan fingerprint density at radius 3 is 2.72 bits per heavy atom. The van der Waals surface area contributed by atoms with Crippen molar-refractivity contribution in [2.24, 2.45) is 0 Å². The van der Waals surface area contributed by atoms with Gasteiger partial charge in [0.15, 0.2) is 22.2 Å². The molecule has 0 spiro atoms. The minimum Gasteiger partial charge on any atom is -0.483 e. The van der Waals surface area contributed by atoms with Crippen LogP contribution in [-0.2, 0) is 11.3 Å². The van der Waals surface area contributed by atoms with Crippen molar-refractivity contribution in [2.75, 3.05) is 11.1 Å². The number of hydrogen-bond acceptors (Lipinski definition) is 7. The Balaban J connectivity index is 1.38. The predicted molar refractivity (Wildman–Crippen MR) is 150 cm³/mol. The molecule has 0 bridgehead atoms. The van der Waals surface area contributed by atoms with Gasteiger partial charge in [-0.25, -0.2) is 4.98 Å². The molecule has 10 heteroatoms. The first kappa shape index (κ1) is 26.1. The van der Waals surface area contributed by atoms with E-state index in [0.29, 0.717) is 22.7 Å². The molecule has 0 saturated heterocycles. The molecule has 1 amide bonds. The molecule has 0 aliphatic heterocycles. The Kier molecular flexibility index (Phi) is 8.60. The number of benzene rings is 2. The van der Waals surface area contributed by atoms with E-state index in [2.05, 4.69) is 69.0 Å². The van der Waals surface area contributed by atoms with Crippen LogP contribution in [0.25, 0.3) is 11.3 Å². The van der Waals surface area contributed by atoms with Crippen molar-refractivity contribution in [3.63, 3.8) is 0 Å². The Morgan fingerprint density at radius 1 is 1.22 bits per heavy atom. The fourth-order valence-corrected chi connectivity index (χ4v) is 5.18. The number of allylic oxidation sites excluding steroid dienone is 1. The second-order valence-corrected chi connectivity index (χ2v) is 10.8. The quantitative estimate of drug-likeness (QED) is 0.162. The third-order valence-corrected chi connectivity index (χ3v) is 7.69. The number of thioether (sulfide) groups is 1. The first-order chi connectivity index (χ1) is 17.3. The molecule has 1 atom stereocenters. The lowest BCUT2D eigenvalue weighted by molar-refractivity contribution is -0.113. The first-order valence-electron chi connectivity index (χ1n) is 11.3. The first-order valence-corrected chi connectivity index (χ1v) is 13.9. The molecule has 7 nitrogen and oxygen atoms in total. The van der Waals surface area contributed by atoms with E-state index in [9.17, 15) is 4.79 Å². The van der Waals surface area contributed by atoms with Gasteiger partial charge in [-0.3, -0.25) is 9.36 Å². The predicted octanol–water partition coefficient (Wildman–Crippen LogP) is 6.84. The number of amides is 1. The van der Waals surface area contributed by atoms with Crippen molar-refractivity contribution in [1.82, 2.24) is 19.7 Å². The van der Waals surface area contributed by atoms with Crippen LogP contribution in [0, 0.1) is 13.8 Å². The van der Waals surface area contributed by atoms with Crippen LogP contribution in [0.4, 0.5) is 5.13 Å². The van der Waals surface area contributed by atoms with E-state index < -0.39 is 0 Å². The SMILES string of the molecule is C=CCn1c(SCC(=O)Nc2nc(-c3ccc(C)c(C)c3)cs2)nnc1C(C)Oc1ccc(Br)cc1. The van der Waals surface area contributed by atoms with Crippen LogP contribution in [0.3, 0.4) is 0 Å². The van der Waals surface area contributed by atoms with E-state index in [1.54, 1.807) is 6.08 Å². The average Bonchev–Trinajstić information content (AvgIpc) is 3.48. The molecule has 4 aromatic rings. The highest BCUT2D eigenvalue weighted by Crippen LogP contribution is 2.28. The summed E-state index contributed by atoms with van der Waals surface area (Å²) in [6, 6.07) is 13.9. The number of nitrogens with one attached hydrogen (secondary N) is 1. The molecule has 0 saturated carbocycles. The number of hydrogen-bond donors (Lipinski definition) is 1. The molecule has 0 fully saturated rings. The third kappa shape index (κ3) is 6.43. The summed E-state index contributed by atoms with van der Waals surface area (Å²) >= 11 is 6.15. The summed E-state index contributed by atoms with van der Waals surface area (Å²) in [5.74, 6) is 1.42. The van der Waals surface area contributed by atoms with Gasteiger partial charge < -0.3 is 10.1 Å². The van der Waals surface area contributed by atoms with E-state index in [1.807, 2.05) is 47.2 Å². The summed E-state index contributed by atoms with van der Waals surface area (Å²) in [6.45, 7) is 10.4. The average molecular weight is 585 g/mol. The van der Waals surface area contributed by atoms with Gasteiger partial charge in [0.2, 0.25) is 5.91 Å². The summed E-state index contributed by atoms with van der Waals surface area (Å²) in [7, 11) is 0. The van der Waals surface area contributed by atoms with Crippen LogP contribution in [0.1, 0.15) is 30.0 Å². The number of aryl methyl sites for hydroxylation is 2. The number of anilines is 1. The lowest BCUT2D eigenvalue weighted by atomic mass is 10.1. The number of thiazole rings is 1. The van der Waals surface area contributed by atoms with Crippen LogP contribution >= 0.6 is 39.0 Å². The lowest BCUT2D eigenvalue weighted by Crippen LogP contribution is -2.15. The maximum atomic E-state index is 12.6. The summed E-state index contributed by atoms with van der Waals surface area (Å²) in [6.07, 6.45) is 1.44. The Hall–Kier alpha value is -2.95. The molecule has 0 radical (unpaired) electrons. The van der Waals surface area contributed by atoms with Crippen molar-refractivity contribution in [3.8, 4) is 17.0 Å². The van der Waals surface area contributed by atoms with E-state index in [1.165, 1.54) is 34.2 Å². The van der Waals surface area contributed by atoms with Gasteiger partial charge in [-0.05, 0) is 62.2 Å². The fraction of sp³-hybridized carbons (Fsp3) is 0.231. The van der Waals surface area contributed by atoms with Gasteiger partial charge >= 0.3 is 0 Å². The van der Waals surface area contributed by atoms with Crippen molar-refractivity contribution >= 4 is 50.1 Å². The fourth-order valence-electron chi connectivity index (χ4n) is 3.43. The second kappa shape index (κ2) is 11.9. The highest BCUT2D eigenvalue weighted by atomic mass is 79.9. The summed E-state index contributed by atoms with van der Waals surface area (Å²) in [5, 5.41) is 14.7. The zero-order valence-corrected chi connectivity index (χ0v) is 23.4. The van der Waals surface area contributed by atoms with Crippen molar-refractivity contribution < 1.29 is 9.53 Å². The number of halogens is 1. The number of carbonyl (C=O) groups is 1. The van der Waals surface area contributed by atoms with Crippen molar-refractivity contribution in [3.05, 3.63) is 81.9 Å². The molecular weight excluding hydrogens is 558 g/mol. The van der Waals surface area contributed by atoms with Crippen molar-refractivity contribution in [1.29, 1.82) is 0 Å². The van der Waals surface area contributed by atoms with Crippen LogP contribution in [0.15, 0.2) is 70.1 Å². The van der Waals surface area contributed by atoms with Crippen LogP contribution in [0.5, 0.6) is 5.75 Å². The molecule has 0 aliphatic rings. The number of nitrogens with zero attached hydrogens (tertiary/aromatic N) is 4. The smallest absolute Gasteiger partial charge is 0.236 e. The molecule has 2 aromatic heterocycles. The summed E-state index contributed by atoms with van der Waals surface area (Å²) in [4.78, 5) is 17.2. The van der Waals surface area contributed by atoms with Gasteiger partial charge in [0.1, 0.15) is 5.75 Å². The molecule has 36 heavy (non-hydrogen) atoms. The monoisotopic (exact) mass is 583 g/mol. The van der Waals surface area contributed by atoms with E-state index in [0.717, 1.165) is 21.5 Å². The maximum absolute atomic E-state index is 12.6. The van der Waals surface area contributed by atoms with Crippen molar-refractivity contribution in [2.45, 2.75) is 38.6 Å². The van der Waals surface area contributed by atoms with Crippen LogP contribution < -0.4 is 10.1 Å². The Bertz CT molecular complexity index is 1370. The minimum atomic E-state index is -0.332. The molecule has 0 aliphatic carbocycles. The summed E-state index contributed by atoms with van der Waals surface area (Å²) < 4.78 is 8.93. The maximum Gasteiger partial charge on any atom is 0.236 e. The molecular formula is C26H26BrN5O2S2. The van der Waals surface area contributed by atoms with E-state index in [-0.39, 0.29) is 17.8 Å². The third-order valence-electron chi connectivity index (χ3n) is 5.43. The second-order valence-electron chi connectivity index (χ2n) is 8.13. The van der Waals surface area contributed by atoms with E-state index >= 15 is 0 Å². The molecule has 2 heterocycles. The standard InChI is InChI=1S/C26H26BrN5O2S2/c1-5-12-32-24(18(4)34-21-10-8-20(27)9-11-21)30-31-26(32)36-15-23(33)29-25-28-22(14-35-25)19-7-6-16(2)17(3)13-19/h5-11,13-14,18H,1,12,15H2,2-4H3,(H,28,29,33). The van der Waals surface area contributed by atoms with Crippen LogP contribution in [0.2, 0.25) is 0 Å². The van der Waals surface area contributed by atoms with Gasteiger partial charge in [0, 0.05) is 22.0 Å². The molecule has 2 aromatic carbocycles. The molecule has 4 rings (SSSR count). The number of ether oxygens (including phenoxy) is 1. The zero-order valence-electron chi connectivity index (χ0n) is 20.2. The Morgan fingerprint density at radius 2 is 2.00 bits per heavy atom. The van der Waals surface area contributed by atoms with Gasteiger partial charge in [-0.1, -0.05) is 45.9 Å². The normalized spacial score (nSPS) is 11.8. The zero-order chi connectivity index (χ0) is 25.7. The molecule has 186 valence electrons. The van der Waals surface area contributed by atoms with E-state index in [4.69, 9.17) is 4.74 Å².